The van der Waals surface area contributed by atoms with Crippen LogP contribution < -0.4 is 5.32 Å². The van der Waals surface area contributed by atoms with Crippen LogP contribution in [-0.4, -0.2) is 5.11 Å². The summed E-state index contributed by atoms with van der Waals surface area (Å²) in [4.78, 5) is 0. The van der Waals surface area contributed by atoms with Gasteiger partial charge in [0.25, 0.3) is 0 Å². The van der Waals surface area contributed by atoms with E-state index in [-0.39, 0.29) is 11.8 Å². The number of halogens is 2. The van der Waals surface area contributed by atoms with Crippen LogP contribution in [0, 0.1) is 11.3 Å². The van der Waals surface area contributed by atoms with Gasteiger partial charge < -0.3 is 10.4 Å². The molecule has 2 aromatic carbocycles. The number of hydrogen-bond acceptors (Lipinski definition) is 3. The topological polar surface area (TPSA) is 56.0 Å². The van der Waals surface area contributed by atoms with Gasteiger partial charge in [0, 0.05) is 10.0 Å². The summed E-state index contributed by atoms with van der Waals surface area (Å²) in [5.41, 5.74) is 2.00. The van der Waals surface area contributed by atoms with Crippen molar-refractivity contribution in [3.05, 3.63) is 57.0 Å². The van der Waals surface area contributed by atoms with Crippen LogP contribution in [0.15, 0.2) is 40.9 Å². The molecular formula is C16H14BrClN2O. The average Bonchev–Trinajstić information content (AvgIpc) is 2.49. The highest BCUT2D eigenvalue weighted by molar-refractivity contribution is 9.10. The Hall–Kier alpha value is -1.70. The highest BCUT2D eigenvalue weighted by atomic mass is 79.9. The Balaban J connectivity index is 2.36. The lowest BCUT2D eigenvalue weighted by Gasteiger charge is -2.21. The molecule has 1 atom stereocenters. The van der Waals surface area contributed by atoms with Gasteiger partial charge in [-0.3, -0.25) is 0 Å². The first-order chi connectivity index (χ1) is 10.0. The molecule has 0 aliphatic carbocycles. The Morgan fingerprint density at radius 1 is 1.33 bits per heavy atom. The highest BCUT2D eigenvalue weighted by Gasteiger charge is 2.15. The van der Waals surface area contributed by atoms with Crippen molar-refractivity contribution < 1.29 is 5.11 Å². The monoisotopic (exact) mass is 364 g/mol. The molecule has 0 fully saturated rings. The third-order valence-corrected chi connectivity index (χ3v) is 4.02. The molecule has 2 rings (SSSR count). The standard InChI is InChI=1S/C16H14BrClN2O/c1-2-14(12-8-11(17)4-6-16(12)21)20-15-7-10(9-19)3-5-13(15)18/h3-8,14,20-21H,2H2,1H3. The first-order valence-corrected chi connectivity index (χ1v) is 7.66. The number of hydrogen-bond donors (Lipinski definition) is 2. The van der Waals surface area contributed by atoms with E-state index in [0.29, 0.717) is 16.3 Å². The van der Waals surface area contributed by atoms with E-state index in [2.05, 4.69) is 27.3 Å². The number of nitriles is 1. The smallest absolute Gasteiger partial charge is 0.120 e. The summed E-state index contributed by atoms with van der Waals surface area (Å²) in [7, 11) is 0. The molecule has 2 N–H and O–H groups in total. The van der Waals surface area contributed by atoms with Crippen molar-refractivity contribution in [1.82, 2.24) is 0 Å². The maximum Gasteiger partial charge on any atom is 0.120 e. The Morgan fingerprint density at radius 3 is 2.76 bits per heavy atom. The maximum absolute atomic E-state index is 10.0. The predicted molar refractivity (Wildman–Crippen MR) is 88.6 cm³/mol. The van der Waals surface area contributed by atoms with Gasteiger partial charge in [0.2, 0.25) is 0 Å². The Kier molecular flexibility index (Phi) is 5.11. The zero-order valence-corrected chi connectivity index (χ0v) is 13.7. The largest absolute Gasteiger partial charge is 0.508 e. The van der Waals surface area contributed by atoms with E-state index in [0.717, 1.165) is 16.5 Å². The molecule has 0 bridgehead atoms. The second kappa shape index (κ2) is 6.84. The van der Waals surface area contributed by atoms with E-state index in [1.54, 1.807) is 30.3 Å². The van der Waals surface area contributed by atoms with Gasteiger partial charge in [-0.15, -0.1) is 0 Å². The molecular weight excluding hydrogens is 352 g/mol. The first-order valence-electron chi connectivity index (χ1n) is 6.49. The van der Waals surface area contributed by atoms with Crippen LogP contribution in [0.4, 0.5) is 5.69 Å². The second-order valence-corrected chi connectivity index (χ2v) is 5.94. The van der Waals surface area contributed by atoms with Gasteiger partial charge in [0.1, 0.15) is 5.75 Å². The molecule has 0 aromatic heterocycles. The van der Waals surface area contributed by atoms with E-state index < -0.39 is 0 Å². The molecule has 1 unspecified atom stereocenters. The van der Waals surface area contributed by atoms with Crippen molar-refractivity contribution in [2.45, 2.75) is 19.4 Å². The summed E-state index contributed by atoms with van der Waals surface area (Å²) in [6.07, 6.45) is 0.761. The normalized spacial score (nSPS) is 11.7. The van der Waals surface area contributed by atoms with E-state index >= 15 is 0 Å². The fraction of sp³-hybridized carbons (Fsp3) is 0.188. The molecule has 0 amide bonds. The Morgan fingerprint density at radius 2 is 2.10 bits per heavy atom. The molecule has 0 radical (unpaired) electrons. The zero-order chi connectivity index (χ0) is 15.4. The van der Waals surface area contributed by atoms with Crippen LogP contribution in [0.2, 0.25) is 5.02 Å². The molecule has 5 heteroatoms. The molecule has 2 aromatic rings. The minimum Gasteiger partial charge on any atom is -0.508 e. The van der Waals surface area contributed by atoms with Gasteiger partial charge in [0.05, 0.1) is 28.4 Å². The van der Waals surface area contributed by atoms with Gasteiger partial charge >= 0.3 is 0 Å². The second-order valence-electron chi connectivity index (χ2n) is 4.61. The minimum atomic E-state index is -0.103. The van der Waals surface area contributed by atoms with Crippen molar-refractivity contribution in [2.24, 2.45) is 0 Å². The molecule has 3 nitrogen and oxygen atoms in total. The molecule has 0 saturated carbocycles. The van der Waals surface area contributed by atoms with E-state index in [1.807, 2.05) is 13.0 Å². The highest BCUT2D eigenvalue weighted by Crippen LogP contribution is 2.34. The summed E-state index contributed by atoms with van der Waals surface area (Å²) in [5, 5.41) is 22.8. The van der Waals surface area contributed by atoms with Crippen molar-refractivity contribution in [2.75, 3.05) is 5.32 Å². The quantitative estimate of drug-likeness (QED) is 0.778. The summed E-state index contributed by atoms with van der Waals surface area (Å²) < 4.78 is 0.896. The molecule has 0 heterocycles. The molecule has 21 heavy (non-hydrogen) atoms. The van der Waals surface area contributed by atoms with E-state index in [9.17, 15) is 5.11 Å². The molecule has 0 saturated heterocycles. The van der Waals surface area contributed by atoms with Crippen LogP contribution in [0.3, 0.4) is 0 Å². The third kappa shape index (κ3) is 3.69. The lowest BCUT2D eigenvalue weighted by molar-refractivity contribution is 0.462. The van der Waals surface area contributed by atoms with E-state index in [1.165, 1.54) is 0 Å². The number of phenols is 1. The number of anilines is 1. The summed E-state index contributed by atoms with van der Waals surface area (Å²) in [5.74, 6) is 0.227. The van der Waals surface area contributed by atoms with Crippen LogP contribution >= 0.6 is 27.5 Å². The van der Waals surface area contributed by atoms with Crippen molar-refractivity contribution in [3.8, 4) is 11.8 Å². The van der Waals surface area contributed by atoms with Crippen LogP contribution in [0.1, 0.15) is 30.5 Å². The fourth-order valence-electron chi connectivity index (χ4n) is 2.10. The third-order valence-electron chi connectivity index (χ3n) is 3.20. The van der Waals surface area contributed by atoms with Gasteiger partial charge in [-0.25, -0.2) is 0 Å². The molecule has 0 spiro atoms. The minimum absolute atomic E-state index is 0.103. The first kappa shape index (κ1) is 15.7. The lowest BCUT2D eigenvalue weighted by Crippen LogP contribution is -2.10. The van der Waals surface area contributed by atoms with Crippen LogP contribution in [0.25, 0.3) is 0 Å². The molecule has 108 valence electrons. The maximum atomic E-state index is 10.0. The Labute approximate surface area is 137 Å². The summed E-state index contributed by atoms with van der Waals surface area (Å²) in [6.45, 7) is 2.01. The number of benzene rings is 2. The molecule has 0 aliphatic heterocycles. The van der Waals surface area contributed by atoms with Crippen molar-refractivity contribution in [1.29, 1.82) is 5.26 Å². The average molecular weight is 366 g/mol. The number of aromatic hydroxyl groups is 1. The van der Waals surface area contributed by atoms with Crippen molar-refractivity contribution >= 4 is 33.2 Å². The summed E-state index contributed by atoms with van der Waals surface area (Å²) in [6, 6.07) is 12.4. The van der Waals surface area contributed by atoms with Crippen LogP contribution in [-0.2, 0) is 0 Å². The van der Waals surface area contributed by atoms with Gasteiger partial charge in [-0.05, 0) is 42.8 Å². The zero-order valence-electron chi connectivity index (χ0n) is 11.4. The fourth-order valence-corrected chi connectivity index (χ4v) is 2.65. The number of nitrogens with one attached hydrogen (secondary N) is 1. The van der Waals surface area contributed by atoms with Gasteiger partial charge in [-0.1, -0.05) is 34.5 Å². The Bertz CT molecular complexity index is 697. The van der Waals surface area contributed by atoms with Gasteiger partial charge in [0.15, 0.2) is 0 Å². The summed E-state index contributed by atoms with van der Waals surface area (Å²) >= 11 is 9.58. The number of rotatable bonds is 4. The van der Waals surface area contributed by atoms with E-state index in [4.69, 9.17) is 16.9 Å². The number of phenolic OH excluding ortho intramolecular Hbond substituents is 1. The molecule has 0 aliphatic rings. The SMILES string of the molecule is CCC(Nc1cc(C#N)ccc1Cl)c1cc(Br)ccc1O. The predicted octanol–water partition coefficient (Wildman–Crippen LogP) is 5.24. The van der Waals surface area contributed by atoms with Crippen molar-refractivity contribution in [3.63, 3.8) is 0 Å². The lowest BCUT2D eigenvalue weighted by atomic mass is 10.0. The van der Waals surface area contributed by atoms with Gasteiger partial charge in [-0.2, -0.15) is 5.26 Å². The number of nitrogens with zero attached hydrogens (tertiary/aromatic N) is 1. The van der Waals surface area contributed by atoms with Crippen LogP contribution in [0.5, 0.6) is 5.75 Å².